The van der Waals surface area contributed by atoms with Crippen molar-refractivity contribution in [3.63, 3.8) is 0 Å². The maximum Gasteiger partial charge on any atom is 0.271 e. The van der Waals surface area contributed by atoms with E-state index in [1.807, 2.05) is 0 Å². The third-order valence-electron chi connectivity index (χ3n) is 3.08. The van der Waals surface area contributed by atoms with E-state index in [0.717, 1.165) is 0 Å². The van der Waals surface area contributed by atoms with Crippen molar-refractivity contribution in [3.05, 3.63) is 33.3 Å². The number of nitrogens with one attached hydrogen (secondary N) is 2. The number of carbonyl (C=O) groups is 2. The van der Waals surface area contributed by atoms with Crippen molar-refractivity contribution in [1.29, 1.82) is 0 Å². The molecule has 1 heterocycles. The van der Waals surface area contributed by atoms with Crippen LogP contribution in [0, 0.1) is 5.92 Å². The molecule has 0 aromatic heterocycles. The summed E-state index contributed by atoms with van der Waals surface area (Å²) < 4.78 is 23.3. The lowest BCUT2D eigenvalue weighted by atomic mass is 10.1. The molecule has 1 saturated heterocycles. The molecule has 0 saturated carbocycles. The summed E-state index contributed by atoms with van der Waals surface area (Å²) in [4.78, 5) is 23.7. The van der Waals surface area contributed by atoms with Gasteiger partial charge < -0.3 is 0 Å². The van der Waals surface area contributed by atoms with Crippen LogP contribution in [0.25, 0.3) is 0 Å². The average Bonchev–Trinajstić information content (AvgIpc) is 2.79. The van der Waals surface area contributed by atoms with Crippen molar-refractivity contribution in [2.45, 2.75) is 6.42 Å². The normalized spacial score (nSPS) is 20.0. The Balaban J connectivity index is 1.95. The molecule has 114 valence electrons. The Hall–Kier alpha value is -1.12. The van der Waals surface area contributed by atoms with Crippen molar-refractivity contribution < 1.29 is 18.0 Å². The molecule has 9 heteroatoms. The van der Waals surface area contributed by atoms with Gasteiger partial charge in [-0.3, -0.25) is 20.4 Å². The van der Waals surface area contributed by atoms with E-state index >= 15 is 0 Å². The summed E-state index contributed by atoms with van der Waals surface area (Å²) in [6.45, 7) is 0. The van der Waals surface area contributed by atoms with Crippen molar-refractivity contribution in [1.82, 2.24) is 10.9 Å². The molecule has 0 spiro atoms. The van der Waals surface area contributed by atoms with Crippen LogP contribution in [0.2, 0.25) is 5.02 Å². The van der Waals surface area contributed by atoms with E-state index in [4.69, 9.17) is 11.6 Å². The van der Waals surface area contributed by atoms with E-state index in [1.165, 1.54) is 6.07 Å². The van der Waals surface area contributed by atoms with Gasteiger partial charge in [-0.15, -0.1) is 0 Å². The minimum Gasteiger partial charge on any atom is -0.273 e. The molecular weight excluding hydrogens is 384 g/mol. The van der Waals surface area contributed by atoms with Crippen LogP contribution >= 0.6 is 27.5 Å². The maximum atomic E-state index is 11.9. The second kappa shape index (κ2) is 6.33. The first-order chi connectivity index (χ1) is 9.78. The number of sulfone groups is 1. The van der Waals surface area contributed by atoms with Crippen LogP contribution in [0.15, 0.2) is 22.7 Å². The van der Waals surface area contributed by atoms with Gasteiger partial charge in [0.25, 0.3) is 5.91 Å². The van der Waals surface area contributed by atoms with Crippen molar-refractivity contribution in [3.8, 4) is 0 Å². The smallest absolute Gasteiger partial charge is 0.271 e. The highest BCUT2D eigenvalue weighted by atomic mass is 79.9. The number of hydrogen-bond donors (Lipinski definition) is 2. The molecule has 1 aromatic rings. The lowest BCUT2D eigenvalue weighted by Crippen LogP contribution is -2.44. The fourth-order valence-corrected chi connectivity index (χ4v) is 4.27. The lowest BCUT2D eigenvalue weighted by Gasteiger charge is -2.11. The predicted octanol–water partition coefficient (Wildman–Crippen LogP) is 1.30. The first-order valence-electron chi connectivity index (χ1n) is 6.04. The topological polar surface area (TPSA) is 92.3 Å². The molecule has 1 fully saturated rings. The van der Waals surface area contributed by atoms with E-state index in [-0.39, 0.29) is 28.5 Å². The van der Waals surface area contributed by atoms with Crippen LogP contribution in [0.1, 0.15) is 16.8 Å². The van der Waals surface area contributed by atoms with Gasteiger partial charge in [0.2, 0.25) is 5.91 Å². The van der Waals surface area contributed by atoms with Crippen LogP contribution in [0.5, 0.6) is 0 Å². The molecule has 0 aliphatic carbocycles. The summed E-state index contributed by atoms with van der Waals surface area (Å²) in [7, 11) is -3.14. The van der Waals surface area contributed by atoms with Gasteiger partial charge in [0.1, 0.15) is 0 Å². The molecular formula is C12H12BrClN2O4S. The van der Waals surface area contributed by atoms with E-state index in [0.29, 0.717) is 4.47 Å². The van der Waals surface area contributed by atoms with Crippen LogP contribution in [0.3, 0.4) is 0 Å². The van der Waals surface area contributed by atoms with E-state index in [2.05, 4.69) is 26.8 Å². The number of hydrogen-bond acceptors (Lipinski definition) is 4. The molecule has 1 aliphatic rings. The summed E-state index contributed by atoms with van der Waals surface area (Å²) in [5.74, 6) is -1.91. The molecule has 21 heavy (non-hydrogen) atoms. The van der Waals surface area contributed by atoms with Crippen molar-refractivity contribution in [2.75, 3.05) is 11.5 Å². The number of benzene rings is 1. The van der Waals surface area contributed by atoms with Crippen LogP contribution in [0.4, 0.5) is 0 Å². The van der Waals surface area contributed by atoms with Gasteiger partial charge in [0.15, 0.2) is 9.84 Å². The van der Waals surface area contributed by atoms with Crippen molar-refractivity contribution >= 4 is 49.2 Å². The Morgan fingerprint density at radius 2 is 2.00 bits per heavy atom. The molecule has 1 aromatic carbocycles. The number of carbonyl (C=O) groups excluding carboxylic acids is 2. The Bertz CT molecular complexity index is 692. The van der Waals surface area contributed by atoms with Gasteiger partial charge in [-0.2, -0.15) is 0 Å². The monoisotopic (exact) mass is 394 g/mol. The number of amides is 2. The van der Waals surface area contributed by atoms with E-state index in [9.17, 15) is 18.0 Å². The standard InChI is InChI=1S/C12H12BrClN2O4S/c13-8-1-2-10(14)9(5-8)12(18)16-15-11(17)7-3-4-21(19,20)6-7/h1-2,5,7H,3-4,6H2,(H,15,17)(H,16,18). The van der Waals surface area contributed by atoms with Gasteiger partial charge >= 0.3 is 0 Å². The molecule has 2 amide bonds. The summed E-state index contributed by atoms with van der Waals surface area (Å²) in [5, 5.41) is 0.244. The largest absolute Gasteiger partial charge is 0.273 e. The lowest BCUT2D eigenvalue weighted by molar-refractivity contribution is -0.125. The molecule has 0 bridgehead atoms. The van der Waals surface area contributed by atoms with Gasteiger partial charge in [-0.05, 0) is 24.6 Å². The SMILES string of the molecule is O=C(NNC(=O)C1CCS(=O)(=O)C1)c1cc(Br)ccc1Cl. The van der Waals surface area contributed by atoms with Gasteiger partial charge in [-0.1, -0.05) is 27.5 Å². The molecule has 2 rings (SSSR count). The number of hydrazine groups is 1. The zero-order valence-electron chi connectivity index (χ0n) is 10.7. The first kappa shape index (κ1) is 16.3. The summed E-state index contributed by atoms with van der Waals surface area (Å²) in [6.07, 6.45) is 0.266. The fraction of sp³-hybridized carbons (Fsp3) is 0.333. The quantitative estimate of drug-likeness (QED) is 0.738. The summed E-state index contributed by atoms with van der Waals surface area (Å²) >= 11 is 9.12. The molecule has 6 nitrogen and oxygen atoms in total. The van der Waals surface area contributed by atoms with E-state index in [1.54, 1.807) is 12.1 Å². The third kappa shape index (κ3) is 4.18. The van der Waals surface area contributed by atoms with Crippen molar-refractivity contribution in [2.24, 2.45) is 5.92 Å². The molecule has 1 unspecified atom stereocenters. The highest BCUT2D eigenvalue weighted by Gasteiger charge is 2.33. The second-order valence-corrected chi connectivity index (χ2v) is 8.22. The van der Waals surface area contributed by atoms with Crippen LogP contribution in [-0.2, 0) is 14.6 Å². The number of rotatable bonds is 2. The summed E-state index contributed by atoms with van der Waals surface area (Å²) in [6, 6.07) is 4.75. The Kier molecular flexibility index (Phi) is 4.90. The van der Waals surface area contributed by atoms with Crippen LogP contribution < -0.4 is 10.9 Å². The second-order valence-electron chi connectivity index (χ2n) is 4.67. The minimum absolute atomic E-state index is 0.00348. The Labute approximate surface area is 135 Å². The Morgan fingerprint density at radius 3 is 2.62 bits per heavy atom. The molecule has 0 radical (unpaired) electrons. The van der Waals surface area contributed by atoms with Gasteiger partial charge in [-0.25, -0.2) is 8.42 Å². The van der Waals surface area contributed by atoms with E-state index < -0.39 is 27.6 Å². The highest BCUT2D eigenvalue weighted by Crippen LogP contribution is 2.21. The molecule has 2 N–H and O–H groups in total. The maximum absolute atomic E-state index is 11.9. The predicted molar refractivity (Wildman–Crippen MR) is 81.5 cm³/mol. The molecule has 1 aliphatic heterocycles. The van der Waals surface area contributed by atoms with Crippen LogP contribution in [-0.4, -0.2) is 31.7 Å². The third-order valence-corrected chi connectivity index (χ3v) is 5.67. The van der Waals surface area contributed by atoms with Gasteiger partial charge in [0.05, 0.1) is 28.0 Å². The molecule has 1 atom stereocenters. The van der Waals surface area contributed by atoms with Gasteiger partial charge in [0, 0.05) is 4.47 Å². The summed E-state index contributed by atoms with van der Waals surface area (Å²) in [5.41, 5.74) is 4.66. The highest BCUT2D eigenvalue weighted by molar-refractivity contribution is 9.10. The Morgan fingerprint density at radius 1 is 1.29 bits per heavy atom. The zero-order chi connectivity index (χ0) is 15.6. The fourth-order valence-electron chi connectivity index (χ4n) is 1.96. The zero-order valence-corrected chi connectivity index (χ0v) is 13.9. The minimum atomic E-state index is -3.14. The number of halogens is 2. The first-order valence-corrected chi connectivity index (χ1v) is 9.03. The average molecular weight is 396 g/mol.